The molecule has 0 N–H and O–H groups in total. The van der Waals surface area contributed by atoms with Crippen molar-refractivity contribution in [2.24, 2.45) is 17.8 Å². The van der Waals surface area contributed by atoms with Gasteiger partial charge < -0.3 is 0 Å². The van der Waals surface area contributed by atoms with Crippen LogP contribution in [0.2, 0.25) is 0 Å². The molecule has 0 heterocycles. The van der Waals surface area contributed by atoms with Gasteiger partial charge >= 0.3 is 238 Å². The van der Waals surface area contributed by atoms with Crippen molar-refractivity contribution < 1.29 is 0 Å². The molecule has 0 unspecified atom stereocenters. The van der Waals surface area contributed by atoms with Gasteiger partial charge in [-0.25, -0.2) is 0 Å². The van der Waals surface area contributed by atoms with Crippen LogP contribution in [-0.2, 0) is 19.3 Å². The fourth-order valence-electron chi connectivity index (χ4n) is 5.13. The summed E-state index contributed by atoms with van der Waals surface area (Å²) in [5.41, 5.74) is 9.02. The van der Waals surface area contributed by atoms with E-state index in [1.807, 2.05) is 0 Å². The van der Waals surface area contributed by atoms with E-state index < -0.39 is 21.8 Å². The van der Waals surface area contributed by atoms with Gasteiger partial charge in [0.2, 0.25) is 0 Å². The van der Waals surface area contributed by atoms with Crippen LogP contribution in [0.1, 0.15) is 94.2 Å². The van der Waals surface area contributed by atoms with Gasteiger partial charge in [0.15, 0.2) is 0 Å². The van der Waals surface area contributed by atoms with Crippen LogP contribution in [0, 0.1) is 38.5 Å². The standard InChI is InChI=1S/3C12H17.Bi/c3*1-10(2)7-8-12-6-4-5-11(3)9-12;/h3*4,6,9-10H,7-8H2,1-3H3;. The number of benzene rings is 3. The van der Waals surface area contributed by atoms with Gasteiger partial charge in [-0.05, 0) is 0 Å². The quantitative estimate of drug-likeness (QED) is 0.170. The molecule has 3 aromatic carbocycles. The summed E-state index contributed by atoms with van der Waals surface area (Å²) in [5.74, 6) is 2.25. The van der Waals surface area contributed by atoms with Crippen LogP contribution in [-0.4, -0.2) is 21.8 Å². The van der Waals surface area contributed by atoms with E-state index >= 15 is 0 Å². The SMILES string of the molecule is Cc1cc(CCC(C)C)cc[c]1[Bi]([c]1ccc(CCC(C)C)cc1C)[c]1ccc(CCC(C)C)cc1C. The van der Waals surface area contributed by atoms with E-state index in [1.165, 1.54) is 71.9 Å². The molecule has 0 amide bonds. The molecule has 3 rings (SSSR count). The first-order valence-electron chi connectivity index (χ1n) is 14.6. The Balaban J connectivity index is 2.05. The minimum atomic E-state index is -2.48. The van der Waals surface area contributed by atoms with E-state index in [0.717, 1.165) is 17.8 Å². The first kappa shape index (κ1) is 30.1. The Morgan fingerprint density at radius 1 is 0.459 bits per heavy atom. The zero-order valence-electron chi connectivity index (χ0n) is 25.1. The first-order valence-corrected chi connectivity index (χ1v) is 19.9. The van der Waals surface area contributed by atoms with E-state index in [2.05, 4.69) is 117 Å². The van der Waals surface area contributed by atoms with Crippen LogP contribution in [0.25, 0.3) is 0 Å². The Kier molecular flexibility index (Phi) is 11.4. The molecule has 0 bridgehead atoms. The minimum absolute atomic E-state index is 0.750. The molecule has 0 fully saturated rings. The van der Waals surface area contributed by atoms with Gasteiger partial charge in [-0.2, -0.15) is 0 Å². The van der Waals surface area contributed by atoms with Crippen LogP contribution < -0.4 is 9.81 Å². The van der Waals surface area contributed by atoms with Crippen molar-refractivity contribution in [3.8, 4) is 0 Å². The molecule has 0 saturated heterocycles. The van der Waals surface area contributed by atoms with Crippen LogP contribution in [0.4, 0.5) is 0 Å². The van der Waals surface area contributed by atoms with Gasteiger partial charge in [-0.1, -0.05) is 0 Å². The van der Waals surface area contributed by atoms with E-state index in [0.29, 0.717) is 0 Å². The summed E-state index contributed by atoms with van der Waals surface area (Å²) in [4.78, 5) is 0. The van der Waals surface area contributed by atoms with Gasteiger partial charge in [-0.15, -0.1) is 0 Å². The van der Waals surface area contributed by atoms with Crippen molar-refractivity contribution in [1.82, 2.24) is 0 Å². The van der Waals surface area contributed by atoms with Crippen LogP contribution in [0.15, 0.2) is 54.6 Å². The molecule has 0 atom stereocenters. The van der Waals surface area contributed by atoms with Crippen molar-refractivity contribution in [3.63, 3.8) is 0 Å². The Morgan fingerprint density at radius 2 is 0.730 bits per heavy atom. The molecule has 0 spiro atoms. The average Bonchev–Trinajstić information content (AvgIpc) is 2.83. The average molecular weight is 693 g/mol. The Hall–Kier alpha value is -1.46. The molecule has 0 aliphatic rings. The second-order valence-corrected chi connectivity index (χ2v) is 20.7. The molecule has 0 aromatic heterocycles. The van der Waals surface area contributed by atoms with Gasteiger partial charge in [0, 0.05) is 0 Å². The maximum atomic E-state index is 2.52. The fourth-order valence-corrected chi connectivity index (χ4v) is 15.6. The molecular formula is C36H51Bi. The van der Waals surface area contributed by atoms with E-state index in [1.54, 1.807) is 9.81 Å². The summed E-state index contributed by atoms with van der Waals surface area (Å²) < 4.78 is 4.96. The van der Waals surface area contributed by atoms with E-state index in [4.69, 9.17) is 0 Å². The summed E-state index contributed by atoms with van der Waals surface area (Å²) >= 11 is -2.48. The van der Waals surface area contributed by atoms with Gasteiger partial charge in [0.25, 0.3) is 0 Å². The Morgan fingerprint density at radius 3 is 0.946 bits per heavy atom. The second kappa shape index (κ2) is 14.1. The molecular weight excluding hydrogens is 641 g/mol. The summed E-state index contributed by atoms with van der Waals surface area (Å²) in [5, 5.41) is 0. The third kappa shape index (κ3) is 8.78. The van der Waals surface area contributed by atoms with Crippen molar-refractivity contribution in [1.29, 1.82) is 0 Å². The third-order valence-corrected chi connectivity index (χ3v) is 19.0. The summed E-state index contributed by atoms with van der Waals surface area (Å²) in [6, 6.07) is 22.3. The number of aryl methyl sites for hydroxylation is 6. The molecule has 0 radical (unpaired) electrons. The number of hydrogen-bond donors (Lipinski definition) is 0. The molecule has 0 nitrogen and oxygen atoms in total. The molecule has 0 aliphatic heterocycles. The molecule has 200 valence electrons. The molecule has 37 heavy (non-hydrogen) atoms. The fraction of sp³-hybridized carbons (Fsp3) is 0.500. The summed E-state index contributed by atoms with van der Waals surface area (Å²) in [7, 11) is 0. The normalized spacial score (nSPS) is 11.9. The topological polar surface area (TPSA) is 0 Å². The number of hydrogen-bond acceptors (Lipinski definition) is 0. The van der Waals surface area contributed by atoms with E-state index in [-0.39, 0.29) is 0 Å². The van der Waals surface area contributed by atoms with Gasteiger partial charge in [-0.3, -0.25) is 0 Å². The second-order valence-electron chi connectivity index (χ2n) is 12.5. The van der Waals surface area contributed by atoms with E-state index in [9.17, 15) is 0 Å². The predicted molar refractivity (Wildman–Crippen MR) is 168 cm³/mol. The van der Waals surface area contributed by atoms with Crippen LogP contribution >= 0.6 is 0 Å². The van der Waals surface area contributed by atoms with Crippen LogP contribution in [0.5, 0.6) is 0 Å². The predicted octanol–water partition coefficient (Wildman–Crippen LogP) is 7.89. The van der Waals surface area contributed by atoms with Gasteiger partial charge in [0.1, 0.15) is 0 Å². The molecule has 3 aromatic rings. The van der Waals surface area contributed by atoms with Crippen molar-refractivity contribution >= 4 is 31.6 Å². The monoisotopic (exact) mass is 692 g/mol. The molecule has 0 aliphatic carbocycles. The number of rotatable bonds is 12. The van der Waals surface area contributed by atoms with Gasteiger partial charge in [0.05, 0.1) is 0 Å². The maximum absolute atomic E-state index is 2.52. The summed E-state index contributed by atoms with van der Waals surface area (Å²) in [6.07, 6.45) is 7.35. The molecule has 1 heteroatoms. The van der Waals surface area contributed by atoms with Crippen molar-refractivity contribution in [2.75, 3.05) is 0 Å². The van der Waals surface area contributed by atoms with Crippen molar-refractivity contribution in [2.45, 2.75) is 101 Å². The molecule has 0 saturated carbocycles. The third-order valence-electron chi connectivity index (χ3n) is 7.54. The summed E-state index contributed by atoms with van der Waals surface area (Å²) in [6.45, 7) is 21.1. The van der Waals surface area contributed by atoms with Crippen LogP contribution in [0.3, 0.4) is 0 Å². The Bertz CT molecular complexity index is 1010. The zero-order chi connectivity index (χ0) is 27.1. The Labute approximate surface area is 237 Å². The zero-order valence-corrected chi connectivity index (χ0v) is 28.6. The van der Waals surface area contributed by atoms with Crippen molar-refractivity contribution in [3.05, 3.63) is 88.0 Å². The first-order chi connectivity index (χ1) is 17.5.